The van der Waals surface area contributed by atoms with E-state index in [4.69, 9.17) is 9.47 Å². The van der Waals surface area contributed by atoms with Crippen LogP contribution in [0.25, 0.3) is 0 Å². The van der Waals surface area contributed by atoms with Crippen molar-refractivity contribution in [2.24, 2.45) is 0 Å². The molecule has 2 amide bonds. The van der Waals surface area contributed by atoms with Gasteiger partial charge in [-0.05, 0) is 101 Å². The van der Waals surface area contributed by atoms with Crippen LogP contribution >= 0.6 is 0 Å². The summed E-state index contributed by atoms with van der Waals surface area (Å²) in [7, 11) is -3.77. The molecule has 8 nitrogen and oxygen atoms in total. The molecule has 360 valence electrons. The van der Waals surface area contributed by atoms with Gasteiger partial charge in [0.15, 0.2) is 0 Å². The largest absolute Gasteiger partial charge is 2.00 e. The van der Waals surface area contributed by atoms with E-state index in [9.17, 15) is 19.5 Å². The fraction of sp³-hybridized carbons (Fsp3) is 0.481. The number of hydrogen-bond donors (Lipinski definition) is 1. The van der Waals surface area contributed by atoms with Crippen LogP contribution < -0.4 is 33.2 Å². The number of rotatable bonds is 12. The molecule has 6 rings (SSSR count). The minimum atomic E-state index is -2.07. The Morgan fingerprint density at radius 2 is 1.00 bits per heavy atom. The van der Waals surface area contributed by atoms with Crippen molar-refractivity contribution in [1.29, 1.82) is 0 Å². The molecule has 2 heterocycles. The van der Waals surface area contributed by atoms with E-state index >= 15 is 0 Å². The van der Waals surface area contributed by atoms with Crippen LogP contribution in [0.5, 0.6) is 0 Å². The molecule has 0 aromatic heterocycles. The summed E-state index contributed by atoms with van der Waals surface area (Å²) in [5.74, 6) is 0. The summed E-state index contributed by atoms with van der Waals surface area (Å²) in [6, 6.07) is 43.6. The van der Waals surface area contributed by atoms with Crippen LogP contribution in [-0.4, -0.2) is 115 Å². The van der Waals surface area contributed by atoms with Gasteiger partial charge in [0.25, 0.3) is 0 Å². The first kappa shape index (κ1) is 62.5. The number of carbonyl (C=O) groups excluding carboxylic acids is 3. The number of likely N-dealkylation sites (tertiary alicyclic amines) is 2. The molecule has 2 saturated heterocycles. The molecule has 0 spiro atoms. The zero-order valence-electron chi connectivity index (χ0n) is 39.8. The molecule has 12 heteroatoms. The van der Waals surface area contributed by atoms with Crippen molar-refractivity contribution in [2.45, 2.75) is 156 Å². The van der Waals surface area contributed by atoms with Crippen molar-refractivity contribution < 1.29 is 41.4 Å². The van der Waals surface area contributed by atoms with E-state index in [0.717, 1.165) is 63.9 Å². The van der Waals surface area contributed by atoms with E-state index in [1.54, 1.807) is 4.90 Å². The average molecular weight is 970 g/mol. The number of aldehydes is 1. The Morgan fingerprint density at radius 3 is 1.33 bits per heavy atom. The SMILES string of the molecule is C.C.CC(C)(C)OC(=O)N1CCC[C@H]1CCC(O)C[Si](C)(c1ccccc1)c1ccccc1.CC(C)(C)OC(=O)N1CCC[C@H]1CCC=O.[CH2-][Si](C)(c1ccccc1)c1ccccc1.[Cl-].[Mg+2]. The van der Waals surface area contributed by atoms with Crippen LogP contribution in [0, 0.1) is 6.55 Å². The Bertz CT molecular complexity index is 1870. The van der Waals surface area contributed by atoms with Crippen LogP contribution in [-0.2, 0) is 14.3 Å². The molecule has 0 aliphatic carbocycles. The van der Waals surface area contributed by atoms with Gasteiger partial charge >= 0.3 is 35.2 Å². The van der Waals surface area contributed by atoms with E-state index in [2.05, 4.69) is 129 Å². The minimum absolute atomic E-state index is 0. The summed E-state index contributed by atoms with van der Waals surface area (Å²) in [4.78, 5) is 38.4. The maximum absolute atomic E-state index is 12.6. The smallest absolute Gasteiger partial charge is 1.00 e. The normalized spacial score (nSPS) is 16.2. The van der Waals surface area contributed by atoms with Crippen molar-refractivity contribution in [3.05, 3.63) is 128 Å². The number of halogens is 1. The summed E-state index contributed by atoms with van der Waals surface area (Å²) < 4.78 is 10.9. The second kappa shape index (κ2) is 29.4. The predicted molar refractivity (Wildman–Crippen MR) is 279 cm³/mol. The predicted octanol–water partition coefficient (Wildman–Crippen LogP) is 6.93. The van der Waals surface area contributed by atoms with Gasteiger partial charge in [0, 0.05) is 31.6 Å². The molecule has 3 atom stereocenters. The third-order valence-electron chi connectivity index (χ3n) is 11.7. The Morgan fingerprint density at radius 1 is 0.667 bits per heavy atom. The zero-order chi connectivity index (χ0) is 45.4. The molecular formula is C54H81ClMgN2O6Si2. The average Bonchev–Trinajstić information content (AvgIpc) is 3.93. The number of carbonyl (C=O) groups is 3. The molecule has 0 saturated carbocycles. The third-order valence-corrected chi connectivity index (χ3v) is 19.5. The minimum Gasteiger partial charge on any atom is -1.00 e. The van der Waals surface area contributed by atoms with Crippen molar-refractivity contribution >= 4 is 78.4 Å². The van der Waals surface area contributed by atoms with E-state index in [1.807, 2.05) is 58.6 Å². The topological polar surface area (TPSA) is 96.4 Å². The van der Waals surface area contributed by atoms with Gasteiger partial charge in [0.05, 0.1) is 6.10 Å². The van der Waals surface area contributed by atoms with E-state index < -0.39 is 33.5 Å². The van der Waals surface area contributed by atoms with Crippen LogP contribution in [0.4, 0.5) is 9.59 Å². The molecule has 4 aromatic rings. The van der Waals surface area contributed by atoms with Gasteiger partial charge in [-0.1, -0.05) is 170 Å². The Kier molecular flexibility index (Phi) is 27.9. The summed E-state index contributed by atoms with van der Waals surface area (Å²) in [6.07, 6.45) is 6.80. The fourth-order valence-electron chi connectivity index (χ4n) is 8.41. The first-order valence-corrected chi connectivity index (χ1v) is 27.9. The van der Waals surface area contributed by atoms with E-state index in [0.29, 0.717) is 12.8 Å². The van der Waals surface area contributed by atoms with E-state index in [-0.39, 0.29) is 74.6 Å². The quantitative estimate of drug-likeness (QED) is 0.0941. The molecule has 2 aliphatic heterocycles. The van der Waals surface area contributed by atoms with Gasteiger partial charge < -0.3 is 48.1 Å². The second-order valence-electron chi connectivity index (χ2n) is 19.2. The second-order valence-corrected chi connectivity index (χ2v) is 27.3. The molecule has 4 aromatic carbocycles. The number of hydrogen-bond acceptors (Lipinski definition) is 6. The zero-order valence-corrected chi connectivity index (χ0v) is 44.0. The van der Waals surface area contributed by atoms with Crippen molar-refractivity contribution in [1.82, 2.24) is 9.80 Å². The van der Waals surface area contributed by atoms with Crippen LogP contribution in [0.2, 0.25) is 19.1 Å². The molecule has 0 radical (unpaired) electrons. The van der Waals surface area contributed by atoms with Crippen molar-refractivity contribution in [3.63, 3.8) is 0 Å². The monoisotopic (exact) mass is 969 g/mol. The number of benzene rings is 4. The number of aliphatic hydroxyl groups is 1. The molecule has 2 fully saturated rings. The van der Waals surface area contributed by atoms with E-state index in [1.165, 1.54) is 20.7 Å². The van der Waals surface area contributed by atoms with Crippen LogP contribution in [0.3, 0.4) is 0 Å². The van der Waals surface area contributed by atoms with Gasteiger partial charge in [0.2, 0.25) is 0 Å². The summed E-state index contributed by atoms with van der Waals surface area (Å²) in [6.45, 7) is 21.9. The van der Waals surface area contributed by atoms with Crippen LogP contribution in [0.1, 0.15) is 108 Å². The molecule has 2 aliphatic rings. The number of nitrogens with zero attached hydrogens (tertiary/aromatic N) is 2. The van der Waals surface area contributed by atoms with Crippen LogP contribution in [0.15, 0.2) is 121 Å². The van der Waals surface area contributed by atoms with Crippen molar-refractivity contribution in [2.75, 3.05) is 13.1 Å². The Labute approximate surface area is 424 Å². The Balaban J connectivity index is 0.00000102. The van der Waals surface area contributed by atoms with Gasteiger partial charge in [-0.3, -0.25) is 0 Å². The number of ether oxygens (including phenoxy) is 2. The first-order valence-electron chi connectivity index (χ1n) is 22.5. The van der Waals surface area contributed by atoms with Gasteiger partial charge in [-0.2, -0.15) is 0 Å². The third kappa shape index (κ3) is 19.6. The summed E-state index contributed by atoms with van der Waals surface area (Å²) in [5, 5.41) is 16.5. The maximum Gasteiger partial charge on any atom is 2.00 e. The first-order chi connectivity index (χ1) is 29.3. The number of aliphatic hydroxyl groups excluding tert-OH is 1. The van der Waals surface area contributed by atoms with Gasteiger partial charge in [-0.25, -0.2) is 9.59 Å². The molecule has 1 N–H and O–H groups in total. The van der Waals surface area contributed by atoms with Gasteiger partial charge in [-0.15, -0.1) is 0 Å². The maximum atomic E-state index is 12.6. The molecule has 0 bridgehead atoms. The Hall–Kier alpha value is -3.46. The van der Waals surface area contributed by atoms with Crippen molar-refractivity contribution in [3.8, 4) is 0 Å². The standard InChI is InChI=1S/C26H37NO3Si.C14H15Si.C12H21NO3.2CH4.ClH.Mg/c1-26(2,3)30-25(29)27-19-11-12-21(27)17-18-22(28)20-31(4,23-13-7-5-8-14-23)24-15-9-6-10-16-24;1-15(2,13-9-5-3-6-10-13)14-11-7-4-8-12-14;1-12(2,3)16-11(15)13-8-4-6-10(13)7-5-9-14;;;;/h5-10,13-16,21-22,28H,11-12,17-20H2,1-4H3;3-12H,1H2,2H3;9-10H,4-8H2,1-3H3;2*1H4;1H;/q;-1;;;;;+2/p-1/t21-,22?;;10-;;;;/m0.0..../s1. The van der Waals surface area contributed by atoms with Gasteiger partial charge in [0.1, 0.15) is 25.6 Å². The fourth-order valence-corrected chi connectivity index (χ4v) is 14.4. The number of amides is 2. The molecular weight excluding hydrogens is 889 g/mol. The summed E-state index contributed by atoms with van der Waals surface area (Å²) >= 11 is 0. The molecule has 1 unspecified atom stereocenters. The summed E-state index contributed by atoms with van der Waals surface area (Å²) in [5.41, 5.74) is -0.933. The molecule has 66 heavy (non-hydrogen) atoms.